The van der Waals surface area contributed by atoms with Crippen molar-refractivity contribution in [1.82, 2.24) is 0 Å². The Hall–Kier alpha value is -2.04. The molecule has 122 valence electrons. The van der Waals surface area contributed by atoms with E-state index in [1.807, 2.05) is 42.5 Å². The van der Waals surface area contributed by atoms with E-state index in [9.17, 15) is 4.79 Å². The lowest BCUT2D eigenvalue weighted by atomic mass is 10.1. The number of hydrogen-bond acceptors (Lipinski definition) is 3. The second-order valence-electron chi connectivity index (χ2n) is 5.41. The fraction of sp³-hybridized carbons (Fsp3) is 0.278. The average Bonchev–Trinajstić information content (AvgIpc) is 2.56. The molecule has 1 atom stereocenters. The van der Waals surface area contributed by atoms with E-state index in [0.29, 0.717) is 12.3 Å². The fourth-order valence-corrected chi connectivity index (χ4v) is 2.59. The molecule has 0 aliphatic heterocycles. The summed E-state index contributed by atoms with van der Waals surface area (Å²) in [5.41, 5.74) is 8.75. The number of carboxylic acids is 1. The summed E-state index contributed by atoms with van der Waals surface area (Å²) >= 11 is 5.92. The molecule has 0 bridgehead atoms. The first-order valence-corrected chi connectivity index (χ1v) is 8.05. The van der Waals surface area contributed by atoms with Gasteiger partial charge in [-0.05, 0) is 29.7 Å². The normalized spacial score (nSPS) is 11.9. The van der Waals surface area contributed by atoms with Crippen LogP contribution in [0.1, 0.15) is 11.1 Å². The summed E-state index contributed by atoms with van der Waals surface area (Å²) in [5.74, 6) is -0.444. The number of carboxylic acid groups (broad SMARTS) is 1. The highest BCUT2D eigenvalue weighted by Crippen LogP contribution is 2.19. The summed E-state index contributed by atoms with van der Waals surface area (Å²) in [6.07, 6.45) is 0.323. The number of nitrogens with two attached hydrogens (primary N) is 1. The molecule has 0 saturated carbocycles. The number of carbonyl (C=O) groups is 1. The van der Waals surface area contributed by atoms with Crippen LogP contribution in [0.3, 0.4) is 0 Å². The van der Waals surface area contributed by atoms with Crippen molar-refractivity contribution in [3.05, 3.63) is 65.7 Å². The van der Waals surface area contributed by atoms with Gasteiger partial charge in [0.1, 0.15) is 6.04 Å². The molecule has 1 unspecified atom stereocenters. The number of aliphatic carboxylic acids is 1. The first kappa shape index (κ1) is 17.3. The van der Waals surface area contributed by atoms with Gasteiger partial charge >= 0.3 is 5.97 Å². The molecule has 2 rings (SSSR count). The van der Waals surface area contributed by atoms with Crippen molar-refractivity contribution >= 4 is 23.3 Å². The van der Waals surface area contributed by atoms with Crippen molar-refractivity contribution in [1.29, 1.82) is 0 Å². The van der Waals surface area contributed by atoms with E-state index in [1.165, 1.54) is 5.56 Å². The maximum absolute atomic E-state index is 10.8. The third-order valence-electron chi connectivity index (χ3n) is 3.64. The third-order valence-corrected chi connectivity index (χ3v) is 3.81. The lowest BCUT2D eigenvalue weighted by Crippen LogP contribution is -2.32. The minimum absolute atomic E-state index is 0.323. The van der Waals surface area contributed by atoms with Crippen molar-refractivity contribution in [2.45, 2.75) is 19.0 Å². The van der Waals surface area contributed by atoms with Gasteiger partial charge in [0, 0.05) is 24.7 Å². The molecule has 0 fully saturated rings. The molecule has 0 aromatic heterocycles. The van der Waals surface area contributed by atoms with E-state index >= 15 is 0 Å². The van der Waals surface area contributed by atoms with E-state index in [4.69, 9.17) is 22.4 Å². The van der Waals surface area contributed by atoms with Crippen LogP contribution in [-0.2, 0) is 17.8 Å². The van der Waals surface area contributed by atoms with Crippen molar-refractivity contribution in [3.8, 4) is 0 Å². The highest BCUT2D eigenvalue weighted by Gasteiger charge is 2.12. The summed E-state index contributed by atoms with van der Waals surface area (Å²) in [5, 5.41) is 8.87. The molecule has 0 spiro atoms. The molecule has 0 aliphatic rings. The monoisotopic (exact) mass is 332 g/mol. The molecule has 5 heteroatoms. The fourth-order valence-electron chi connectivity index (χ4n) is 2.39. The van der Waals surface area contributed by atoms with E-state index in [2.05, 4.69) is 17.0 Å². The average molecular weight is 333 g/mol. The largest absolute Gasteiger partial charge is 0.480 e. The van der Waals surface area contributed by atoms with Gasteiger partial charge in [0.25, 0.3) is 0 Å². The number of hydrogen-bond donors (Lipinski definition) is 2. The van der Waals surface area contributed by atoms with Gasteiger partial charge in [-0.3, -0.25) is 4.79 Å². The van der Waals surface area contributed by atoms with Crippen LogP contribution in [0, 0.1) is 0 Å². The maximum atomic E-state index is 10.8. The Labute approximate surface area is 141 Å². The van der Waals surface area contributed by atoms with Crippen molar-refractivity contribution in [2.75, 3.05) is 17.3 Å². The second-order valence-corrected chi connectivity index (χ2v) is 5.79. The van der Waals surface area contributed by atoms with Crippen molar-refractivity contribution in [2.24, 2.45) is 5.73 Å². The quantitative estimate of drug-likeness (QED) is 0.729. The Kier molecular flexibility index (Phi) is 6.44. The van der Waals surface area contributed by atoms with Gasteiger partial charge in [0.15, 0.2) is 0 Å². The molecule has 0 heterocycles. The van der Waals surface area contributed by atoms with E-state index in [1.54, 1.807) is 0 Å². The van der Waals surface area contributed by atoms with Gasteiger partial charge in [-0.15, -0.1) is 11.6 Å². The Morgan fingerprint density at radius 2 is 1.74 bits per heavy atom. The maximum Gasteiger partial charge on any atom is 0.320 e. The van der Waals surface area contributed by atoms with E-state index in [0.717, 1.165) is 24.3 Å². The highest BCUT2D eigenvalue weighted by molar-refractivity contribution is 6.18. The van der Waals surface area contributed by atoms with Crippen LogP contribution >= 0.6 is 11.6 Å². The molecular weight excluding hydrogens is 312 g/mol. The summed E-state index contributed by atoms with van der Waals surface area (Å²) in [4.78, 5) is 13.0. The molecule has 0 aliphatic carbocycles. The van der Waals surface area contributed by atoms with E-state index in [-0.39, 0.29) is 0 Å². The van der Waals surface area contributed by atoms with Crippen molar-refractivity contribution in [3.63, 3.8) is 0 Å². The molecule has 3 N–H and O–H groups in total. The van der Waals surface area contributed by atoms with Gasteiger partial charge in [0.2, 0.25) is 0 Å². The molecule has 0 amide bonds. The number of rotatable bonds is 8. The van der Waals surface area contributed by atoms with Crippen LogP contribution in [0.2, 0.25) is 0 Å². The minimum Gasteiger partial charge on any atom is -0.480 e. The van der Waals surface area contributed by atoms with Crippen LogP contribution in [0.15, 0.2) is 54.6 Å². The van der Waals surface area contributed by atoms with Crippen LogP contribution in [0.5, 0.6) is 0 Å². The number of benzene rings is 2. The number of alkyl halides is 1. The van der Waals surface area contributed by atoms with Gasteiger partial charge in [0.05, 0.1) is 0 Å². The zero-order valence-corrected chi connectivity index (χ0v) is 13.6. The lowest BCUT2D eigenvalue weighted by molar-refractivity contribution is -0.138. The van der Waals surface area contributed by atoms with Crippen LogP contribution in [0.4, 0.5) is 5.69 Å². The SMILES string of the molecule is NC(Cc1ccc(N(CCCl)Cc2ccccc2)cc1)C(=O)O. The minimum atomic E-state index is -0.984. The number of halogens is 1. The Morgan fingerprint density at radius 1 is 1.09 bits per heavy atom. The van der Waals surface area contributed by atoms with E-state index < -0.39 is 12.0 Å². The van der Waals surface area contributed by atoms with Crippen LogP contribution in [-0.4, -0.2) is 29.5 Å². The van der Waals surface area contributed by atoms with Gasteiger partial charge in [-0.2, -0.15) is 0 Å². The van der Waals surface area contributed by atoms with Gasteiger partial charge in [-0.1, -0.05) is 42.5 Å². The molecule has 2 aromatic rings. The first-order chi connectivity index (χ1) is 11.1. The predicted octanol–water partition coefficient (Wildman–Crippen LogP) is 2.89. The topological polar surface area (TPSA) is 66.6 Å². The summed E-state index contributed by atoms with van der Waals surface area (Å²) in [6.45, 7) is 1.52. The zero-order chi connectivity index (χ0) is 16.7. The molecule has 0 radical (unpaired) electrons. The van der Waals surface area contributed by atoms with Crippen LogP contribution < -0.4 is 10.6 Å². The van der Waals surface area contributed by atoms with Gasteiger partial charge in [-0.25, -0.2) is 0 Å². The number of nitrogens with zero attached hydrogens (tertiary/aromatic N) is 1. The van der Waals surface area contributed by atoms with Crippen molar-refractivity contribution < 1.29 is 9.90 Å². The standard InChI is InChI=1S/C18H21ClN2O2/c19-10-11-21(13-15-4-2-1-3-5-15)16-8-6-14(7-9-16)12-17(20)18(22)23/h1-9,17H,10-13,20H2,(H,22,23). The summed E-state index contributed by atoms with van der Waals surface area (Å²) in [7, 11) is 0. The Morgan fingerprint density at radius 3 is 2.30 bits per heavy atom. The Balaban J connectivity index is 2.08. The predicted molar refractivity (Wildman–Crippen MR) is 94.0 cm³/mol. The Bertz CT molecular complexity index is 617. The molecule has 23 heavy (non-hydrogen) atoms. The molecule has 2 aromatic carbocycles. The first-order valence-electron chi connectivity index (χ1n) is 7.52. The molecular formula is C18H21ClN2O2. The lowest BCUT2D eigenvalue weighted by Gasteiger charge is -2.24. The van der Waals surface area contributed by atoms with Crippen LogP contribution in [0.25, 0.3) is 0 Å². The molecule has 4 nitrogen and oxygen atoms in total. The summed E-state index contributed by atoms with van der Waals surface area (Å²) in [6, 6.07) is 17.1. The summed E-state index contributed by atoms with van der Waals surface area (Å²) < 4.78 is 0. The number of anilines is 1. The smallest absolute Gasteiger partial charge is 0.320 e. The highest BCUT2D eigenvalue weighted by atomic mass is 35.5. The third kappa shape index (κ3) is 5.27. The zero-order valence-electron chi connectivity index (χ0n) is 12.9. The second kappa shape index (κ2) is 8.56. The van der Waals surface area contributed by atoms with Gasteiger partial charge < -0.3 is 15.7 Å². The molecule has 0 saturated heterocycles.